The minimum atomic E-state index is -0.182. The molecule has 3 unspecified atom stereocenters. The van der Waals surface area contributed by atoms with Crippen molar-refractivity contribution < 1.29 is 4.79 Å². The van der Waals surface area contributed by atoms with Gasteiger partial charge in [0.15, 0.2) is 0 Å². The molecule has 3 N–H and O–H groups in total. The molecule has 21 heavy (non-hydrogen) atoms. The number of hydrazine groups is 1. The number of nitrogens with one attached hydrogen (secondary N) is 3. The highest BCUT2D eigenvalue weighted by Gasteiger charge is 2.30. The molecule has 1 fully saturated rings. The highest BCUT2D eigenvalue weighted by molar-refractivity contribution is 6.31. The molecule has 0 aromatic heterocycles. The lowest BCUT2D eigenvalue weighted by molar-refractivity contribution is -0.123. The van der Waals surface area contributed by atoms with Crippen molar-refractivity contribution >= 4 is 17.5 Å². The number of hydrogen-bond acceptors (Lipinski definition) is 3. The zero-order valence-electron chi connectivity index (χ0n) is 12.8. The van der Waals surface area contributed by atoms with Crippen molar-refractivity contribution in [3.05, 3.63) is 34.9 Å². The molecule has 0 spiro atoms. The summed E-state index contributed by atoms with van der Waals surface area (Å²) in [5.41, 5.74) is 7.24. The second-order valence-electron chi connectivity index (χ2n) is 6.16. The van der Waals surface area contributed by atoms with E-state index in [4.69, 9.17) is 11.6 Å². The molecule has 4 nitrogen and oxygen atoms in total. The summed E-state index contributed by atoms with van der Waals surface area (Å²) in [6.45, 7) is 6.33. The summed E-state index contributed by atoms with van der Waals surface area (Å²) >= 11 is 6.16. The summed E-state index contributed by atoms with van der Waals surface area (Å²) < 4.78 is 0. The van der Waals surface area contributed by atoms with Gasteiger partial charge in [0.1, 0.15) is 6.04 Å². The maximum Gasteiger partial charge on any atom is 0.239 e. The van der Waals surface area contributed by atoms with Gasteiger partial charge in [-0.3, -0.25) is 10.2 Å². The van der Waals surface area contributed by atoms with Gasteiger partial charge in [-0.05, 0) is 37.3 Å². The van der Waals surface area contributed by atoms with Crippen LogP contribution in [0.15, 0.2) is 24.3 Å². The first kappa shape index (κ1) is 16.3. The second-order valence-corrected chi connectivity index (χ2v) is 6.56. The fourth-order valence-electron chi connectivity index (χ4n) is 2.74. The van der Waals surface area contributed by atoms with Crippen LogP contribution in [0.2, 0.25) is 5.02 Å². The Kier molecular flexibility index (Phi) is 5.62. The summed E-state index contributed by atoms with van der Waals surface area (Å²) in [4.78, 5) is 12.3. The van der Waals surface area contributed by atoms with Crippen LogP contribution in [0.4, 0.5) is 0 Å². The van der Waals surface area contributed by atoms with Gasteiger partial charge < -0.3 is 5.32 Å². The standard InChI is InChI=1S/C16H24ClN3O/c1-10(2)8-12-9-15(20-19-12)16(21)18-11(3)13-6-4-5-7-14(13)17/h4-7,10-12,15,19-20H,8-9H2,1-3H3,(H,18,21). The van der Waals surface area contributed by atoms with E-state index >= 15 is 0 Å². The Bertz CT molecular complexity index is 492. The fraction of sp³-hybridized carbons (Fsp3) is 0.562. The highest BCUT2D eigenvalue weighted by atomic mass is 35.5. The average molecular weight is 310 g/mol. The summed E-state index contributed by atoms with van der Waals surface area (Å²) in [7, 11) is 0. The first-order chi connectivity index (χ1) is 9.97. The van der Waals surface area contributed by atoms with Crippen molar-refractivity contribution in [1.29, 1.82) is 0 Å². The van der Waals surface area contributed by atoms with Crippen LogP contribution in [0.3, 0.4) is 0 Å². The van der Waals surface area contributed by atoms with E-state index in [0.717, 1.165) is 18.4 Å². The summed E-state index contributed by atoms with van der Waals surface area (Å²) in [6, 6.07) is 7.67. The Morgan fingerprint density at radius 1 is 1.33 bits per heavy atom. The summed E-state index contributed by atoms with van der Waals surface area (Å²) in [5.74, 6) is 0.634. The highest BCUT2D eigenvalue weighted by Crippen LogP contribution is 2.22. The number of carbonyl (C=O) groups is 1. The van der Waals surface area contributed by atoms with Crippen LogP contribution in [0, 0.1) is 5.92 Å². The van der Waals surface area contributed by atoms with Gasteiger partial charge in [-0.1, -0.05) is 43.6 Å². The molecule has 1 aromatic carbocycles. The minimum Gasteiger partial charge on any atom is -0.348 e. The van der Waals surface area contributed by atoms with Crippen molar-refractivity contribution in [3.8, 4) is 0 Å². The molecule has 2 rings (SSSR count). The van der Waals surface area contributed by atoms with Gasteiger partial charge in [0.25, 0.3) is 0 Å². The monoisotopic (exact) mass is 309 g/mol. The molecular weight excluding hydrogens is 286 g/mol. The zero-order chi connectivity index (χ0) is 15.4. The van der Waals surface area contributed by atoms with E-state index in [1.165, 1.54) is 0 Å². The lowest BCUT2D eigenvalue weighted by Gasteiger charge is -2.18. The molecule has 116 valence electrons. The van der Waals surface area contributed by atoms with E-state index < -0.39 is 0 Å². The zero-order valence-corrected chi connectivity index (χ0v) is 13.6. The first-order valence-corrected chi connectivity index (χ1v) is 7.91. The quantitative estimate of drug-likeness (QED) is 0.784. The first-order valence-electron chi connectivity index (χ1n) is 7.53. The van der Waals surface area contributed by atoms with Crippen LogP contribution in [0.5, 0.6) is 0 Å². The van der Waals surface area contributed by atoms with E-state index in [-0.39, 0.29) is 18.0 Å². The van der Waals surface area contributed by atoms with Gasteiger partial charge >= 0.3 is 0 Å². The molecule has 5 heteroatoms. The molecule has 1 saturated heterocycles. The average Bonchev–Trinajstić information content (AvgIpc) is 2.86. The lowest BCUT2D eigenvalue weighted by atomic mass is 9.99. The molecule has 0 bridgehead atoms. The van der Waals surface area contributed by atoms with Crippen molar-refractivity contribution in [3.63, 3.8) is 0 Å². The van der Waals surface area contributed by atoms with E-state index in [0.29, 0.717) is 17.0 Å². The molecule has 0 radical (unpaired) electrons. The maximum absolute atomic E-state index is 12.3. The largest absolute Gasteiger partial charge is 0.348 e. The number of halogens is 1. The Hall–Kier alpha value is -1.10. The molecule has 1 heterocycles. The number of amides is 1. The fourth-order valence-corrected chi connectivity index (χ4v) is 3.03. The third-order valence-electron chi connectivity index (χ3n) is 3.78. The van der Waals surface area contributed by atoms with Crippen LogP contribution in [0.1, 0.15) is 45.2 Å². The summed E-state index contributed by atoms with van der Waals surface area (Å²) in [6.07, 6.45) is 1.89. The SMILES string of the molecule is CC(C)CC1CC(C(=O)NC(C)c2ccccc2Cl)NN1. The molecule has 1 amide bonds. The number of benzene rings is 1. The molecule has 3 atom stereocenters. The minimum absolute atomic E-state index is 0.0150. The third-order valence-corrected chi connectivity index (χ3v) is 4.13. The van der Waals surface area contributed by atoms with Gasteiger partial charge in [-0.25, -0.2) is 5.43 Å². The smallest absolute Gasteiger partial charge is 0.239 e. The second kappa shape index (κ2) is 7.25. The van der Waals surface area contributed by atoms with Gasteiger partial charge in [0, 0.05) is 11.1 Å². The Morgan fingerprint density at radius 3 is 2.71 bits per heavy atom. The lowest BCUT2D eigenvalue weighted by Crippen LogP contribution is -2.44. The molecular formula is C16H24ClN3O. The van der Waals surface area contributed by atoms with Crippen LogP contribution >= 0.6 is 11.6 Å². The van der Waals surface area contributed by atoms with E-state index in [9.17, 15) is 4.79 Å². The van der Waals surface area contributed by atoms with E-state index in [1.54, 1.807) is 0 Å². The molecule has 0 aliphatic carbocycles. The normalized spacial score (nSPS) is 23.3. The van der Waals surface area contributed by atoms with Gasteiger partial charge in [0.05, 0.1) is 6.04 Å². The van der Waals surface area contributed by atoms with Crippen LogP contribution in [-0.4, -0.2) is 18.0 Å². The van der Waals surface area contributed by atoms with Gasteiger partial charge in [-0.2, -0.15) is 0 Å². The third kappa shape index (κ3) is 4.43. The van der Waals surface area contributed by atoms with Crippen LogP contribution in [0.25, 0.3) is 0 Å². The van der Waals surface area contributed by atoms with E-state index in [1.807, 2.05) is 31.2 Å². The number of rotatable bonds is 5. The maximum atomic E-state index is 12.3. The van der Waals surface area contributed by atoms with Crippen molar-refractivity contribution in [1.82, 2.24) is 16.2 Å². The molecule has 1 aromatic rings. The molecule has 1 aliphatic heterocycles. The Labute approximate surface area is 131 Å². The molecule has 1 aliphatic rings. The van der Waals surface area contributed by atoms with Crippen molar-refractivity contribution in [2.24, 2.45) is 5.92 Å². The van der Waals surface area contributed by atoms with Crippen LogP contribution in [-0.2, 0) is 4.79 Å². The Morgan fingerprint density at radius 2 is 2.05 bits per heavy atom. The molecule has 0 saturated carbocycles. The number of hydrogen-bond donors (Lipinski definition) is 3. The van der Waals surface area contributed by atoms with Crippen molar-refractivity contribution in [2.45, 2.75) is 51.7 Å². The topological polar surface area (TPSA) is 53.2 Å². The summed E-state index contributed by atoms with van der Waals surface area (Å²) in [5, 5.41) is 3.71. The Balaban J connectivity index is 1.89. The predicted molar refractivity (Wildman–Crippen MR) is 85.9 cm³/mol. The van der Waals surface area contributed by atoms with Crippen molar-refractivity contribution in [2.75, 3.05) is 0 Å². The predicted octanol–water partition coefficient (Wildman–Crippen LogP) is 2.80. The van der Waals surface area contributed by atoms with E-state index in [2.05, 4.69) is 30.0 Å². The number of carbonyl (C=O) groups excluding carboxylic acids is 1. The van der Waals surface area contributed by atoms with Gasteiger partial charge in [-0.15, -0.1) is 0 Å². The van der Waals surface area contributed by atoms with Gasteiger partial charge in [0.2, 0.25) is 5.91 Å². The van der Waals surface area contributed by atoms with Crippen LogP contribution < -0.4 is 16.2 Å².